The largest absolute Gasteiger partial charge is 0.416 e. The Kier molecular flexibility index (Phi) is 8.13. The van der Waals surface area contributed by atoms with Gasteiger partial charge in [0.2, 0.25) is 0 Å². The number of nitrogens with zero attached hydrogens (tertiary/aromatic N) is 1. The Morgan fingerprint density at radius 2 is 1.66 bits per heavy atom. The van der Waals surface area contributed by atoms with E-state index in [9.17, 15) is 30.8 Å². The first-order valence-corrected chi connectivity index (χ1v) is 11.6. The minimum atomic E-state index is -4.71. The SMILES string of the molecule is COCCN(Cc1cccc(OS(=O)(=O)c2cccc(C(F)(F)F)c2)c1)C(=O)c1ccc(F)cc1. The van der Waals surface area contributed by atoms with Crippen LogP contribution < -0.4 is 4.18 Å². The van der Waals surface area contributed by atoms with Gasteiger partial charge in [-0.3, -0.25) is 4.79 Å². The molecule has 3 aromatic rings. The first kappa shape index (κ1) is 26.2. The van der Waals surface area contributed by atoms with E-state index in [1.165, 1.54) is 42.3 Å². The second-order valence-electron chi connectivity index (χ2n) is 7.44. The third-order valence-electron chi connectivity index (χ3n) is 4.87. The third-order valence-corrected chi connectivity index (χ3v) is 6.11. The summed E-state index contributed by atoms with van der Waals surface area (Å²) in [4.78, 5) is 13.7. The van der Waals surface area contributed by atoms with Gasteiger partial charge in [0.05, 0.1) is 12.2 Å². The minimum Gasteiger partial charge on any atom is -0.383 e. The highest BCUT2D eigenvalue weighted by atomic mass is 32.2. The van der Waals surface area contributed by atoms with Crippen molar-refractivity contribution in [2.24, 2.45) is 0 Å². The normalized spacial score (nSPS) is 11.8. The summed E-state index contributed by atoms with van der Waals surface area (Å²) in [6, 6.07) is 14.1. The van der Waals surface area contributed by atoms with E-state index in [2.05, 4.69) is 0 Å². The van der Waals surface area contributed by atoms with Gasteiger partial charge in [-0.25, -0.2) is 4.39 Å². The Morgan fingerprint density at radius 1 is 0.971 bits per heavy atom. The second-order valence-corrected chi connectivity index (χ2v) is 8.98. The standard InChI is InChI=1S/C24H21F4NO5S/c1-33-13-12-29(23(30)18-8-10-20(25)11-9-18)16-17-4-2-6-21(14-17)34-35(31,32)22-7-3-5-19(15-22)24(26,27)28/h2-11,14-15H,12-13,16H2,1H3. The number of alkyl halides is 3. The van der Waals surface area contributed by atoms with Crippen molar-refractivity contribution in [3.05, 3.63) is 95.3 Å². The third kappa shape index (κ3) is 7.03. The van der Waals surface area contributed by atoms with Crippen LogP contribution >= 0.6 is 0 Å². The lowest BCUT2D eigenvalue weighted by Crippen LogP contribution is -2.33. The molecule has 1 amide bonds. The van der Waals surface area contributed by atoms with Crippen LogP contribution in [0, 0.1) is 5.82 Å². The number of carbonyl (C=O) groups excluding carboxylic acids is 1. The average molecular weight is 511 g/mol. The van der Waals surface area contributed by atoms with Gasteiger partial charge in [-0.1, -0.05) is 18.2 Å². The molecule has 0 aliphatic carbocycles. The van der Waals surface area contributed by atoms with Crippen LogP contribution in [0.3, 0.4) is 0 Å². The summed E-state index contributed by atoms with van der Waals surface area (Å²) in [6.07, 6.45) is -4.71. The molecule has 35 heavy (non-hydrogen) atoms. The molecule has 0 aliphatic heterocycles. The molecule has 0 spiro atoms. The molecule has 3 rings (SSSR count). The van der Waals surface area contributed by atoms with E-state index < -0.39 is 38.5 Å². The quantitative estimate of drug-likeness (QED) is 0.302. The fraction of sp³-hybridized carbons (Fsp3) is 0.208. The molecule has 0 heterocycles. The maximum Gasteiger partial charge on any atom is 0.416 e. The van der Waals surface area contributed by atoms with Gasteiger partial charge >= 0.3 is 16.3 Å². The van der Waals surface area contributed by atoms with E-state index in [1.54, 1.807) is 6.07 Å². The molecule has 0 bridgehead atoms. The Labute approximate surface area is 199 Å². The first-order chi connectivity index (χ1) is 16.5. The molecule has 0 aromatic heterocycles. The summed E-state index contributed by atoms with van der Waals surface area (Å²) in [5.74, 6) is -1.03. The minimum absolute atomic E-state index is 0.0420. The van der Waals surface area contributed by atoms with Gasteiger partial charge in [-0.15, -0.1) is 0 Å². The summed E-state index contributed by atoms with van der Waals surface area (Å²) in [5.41, 5.74) is -0.376. The van der Waals surface area contributed by atoms with Crippen LogP contribution in [0.15, 0.2) is 77.7 Å². The highest BCUT2D eigenvalue weighted by molar-refractivity contribution is 7.87. The van der Waals surface area contributed by atoms with E-state index in [0.29, 0.717) is 11.6 Å². The fourth-order valence-corrected chi connectivity index (χ4v) is 4.12. The van der Waals surface area contributed by atoms with Crippen LogP contribution in [-0.4, -0.2) is 39.5 Å². The van der Waals surface area contributed by atoms with Crippen LogP contribution in [0.2, 0.25) is 0 Å². The Balaban J connectivity index is 1.81. The molecule has 0 aliphatic rings. The maximum absolute atomic E-state index is 13.2. The topological polar surface area (TPSA) is 72.9 Å². The van der Waals surface area contributed by atoms with E-state index in [-0.39, 0.29) is 31.0 Å². The van der Waals surface area contributed by atoms with Gasteiger partial charge in [-0.05, 0) is 60.2 Å². The number of hydrogen-bond donors (Lipinski definition) is 0. The lowest BCUT2D eigenvalue weighted by molar-refractivity contribution is -0.137. The van der Waals surface area contributed by atoms with Crippen molar-refractivity contribution in [2.75, 3.05) is 20.3 Å². The highest BCUT2D eigenvalue weighted by Crippen LogP contribution is 2.31. The number of benzene rings is 3. The molecule has 186 valence electrons. The molecule has 3 aromatic carbocycles. The van der Waals surface area contributed by atoms with Crippen molar-refractivity contribution < 1.29 is 39.7 Å². The zero-order valence-corrected chi connectivity index (χ0v) is 19.3. The molecule has 0 atom stereocenters. The molecule has 0 saturated heterocycles. The Hall–Kier alpha value is -3.44. The number of amides is 1. The van der Waals surface area contributed by atoms with Crippen molar-refractivity contribution >= 4 is 16.0 Å². The average Bonchev–Trinajstić information content (AvgIpc) is 2.81. The van der Waals surface area contributed by atoms with Crippen molar-refractivity contribution in [3.8, 4) is 5.75 Å². The number of rotatable bonds is 9. The Bertz CT molecular complexity index is 1280. The number of hydrogen-bond acceptors (Lipinski definition) is 5. The van der Waals surface area contributed by atoms with E-state index in [4.69, 9.17) is 8.92 Å². The summed E-state index contributed by atoms with van der Waals surface area (Å²) in [5, 5.41) is 0. The van der Waals surface area contributed by atoms with Crippen molar-refractivity contribution in [1.82, 2.24) is 4.90 Å². The zero-order valence-electron chi connectivity index (χ0n) is 18.5. The lowest BCUT2D eigenvalue weighted by Gasteiger charge is -2.23. The summed E-state index contributed by atoms with van der Waals surface area (Å²) < 4.78 is 87.3. The van der Waals surface area contributed by atoms with Crippen molar-refractivity contribution in [3.63, 3.8) is 0 Å². The smallest absolute Gasteiger partial charge is 0.383 e. The predicted molar refractivity (Wildman–Crippen MR) is 119 cm³/mol. The predicted octanol–water partition coefficient (Wildman–Crippen LogP) is 4.90. The molecule has 11 heteroatoms. The van der Waals surface area contributed by atoms with Crippen LogP contribution in [0.25, 0.3) is 0 Å². The van der Waals surface area contributed by atoms with Gasteiger partial charge in [-0.2, -0.15) is 21.6 Å². The summed E-state index contributed by atoms with van der Waals surface area (Å²) in [7, 11) is -3.09. The molecule has 6 nitrogen and oxygen atoms in total. The molecule has 0 unspecified atom stereocenters. The molecule has 0 saturated carbocycles. The second kappa shape index (κ2) is 10.9. The van der Waals surface area contributed by atoms with Gasteiger partial charge in [0.1, 0.15) is 16.5 Å². The molecular formula is C24H21F4NO5S. The monoisotopic (exact) mass is 511 g/mol. The van der Waals surface area contributed by atoms with Gasteiger partial charge in [0.25, 0.3) is 5.91 Å². The van der Waals surface area contributed by atoms with E-state index in [1.807, 2.05) is 0 Å². The fourth-order valence-electron chi connectivity index (χ4n) is 3.15. The maximum atomic E-state index is 13.2. The number of carbonyl (C=O) groups is 1. The zero-order chi connectivity index (χ0) is 25.6. The van der Waals surface area contributed by atoms with E-state index >= 15 is 0 Å². The molecule has 0 N–H and O–H groups in total. The first-order valence-electron chi connectivity index (χ1n) is 10.2. The van der Waals surface area contributed by atoms with Crippen molar-refractivity contribution in [2.45, 2.75) is 17.6 Å². The van der Waals surface area contributed by atoms with Crippen LogP contribution in [0.4, 0.5) is 17.6 Å². The number of ether oxygens (including phenoxy) is 1. The molecule has 0 fully saturated rings. The van der Waals surface area contributed by atoms with Crippen LogP contribution in [0.1, 0.15) is 21.5 Å². The number of halogens is 4. The lowest BCUT2D eigenvalue weighted by atomic mass is 10.1. The summed E-state index contributed by atoms with van der Waals surface area (Å²) in [6.45, 7) is 0.452. The molecular weight excluding hydrogens is 490 g/mol. The van der Waals surface area contributed by atoms with Gasteiger partial charge < -0.3 is 13.8 Å². The van der Waals surface area contributed by atoms with Gasteiger partial charge in [0, 0.05) is 25.8 Å². The van der Waals surface area contributed by atoms with Crippen LogP contribution in [0.5, 0.6) is 5.75 Å². The van der Waals surface area contributed by atoms with Crippen LogP contribution in [-0.2, 0) is 27.6 Å². The Morgan fingerprint density at radius 3 is 2.31 bits per heavy atom. The highest BCUT2D eigenvalue weighted by Gasteiger charge is 2.32. The van der Waals surface area contributed by atoms with Crippen molar-refractivity contribution in [1.29, 1.82) is 0 Å². The number of methoxy groups -OCH3 is 1. The van der Waals surface area contributed by atoms with E-state index in [0.717, 1.165) is 30.3 Å². The molecule has 0 radical (unpaired) electrons. The summed E-state index contributed by atoms with van der Waals surface area (Å²) >= 11 is 0. The van der Waals surface area contributed by atoms with Gasteiger partial charge in [0.15, 0.2) is 0 Å².